The minimum absolute atomic E-state index is 0.675. The lowest BCUT2D eigenvalue weighted by atomic mass is 9.98. The molecule has 2 fully saturated rings. The molecule has 0 aromatic rings. The number of nitrogens with zero attached hydrogens (tertiary/aromatic N) is 1. The van der Waals surface area contributed by atoms with Crippen molar-refractivity contribution in [1.29, 1.82) is 0 Å². The van der Waals surface area contributed by atoms with Crippen LogP contribution in [0.4, 0.5) is 0 Å². The van der Waals surface area contributed by atoms with Gasteiger partial charge in [0.1, 0.15) is 0 Å². The van der Waals surface area contributed by atoms with Gasteiger partial charge in [0.05, 0.1) is 0 Å². The predicted molar refractivity (Wildman–Crippen MR) is 64.9 cm³/mol. The van der Waals surface area contributed by atoms with Crippen LogP contribution in [0.2, 0.25) is 0 Å². The molecule has 1 aliphatic carbocycles. The number of hydrogen-bond donors (Lipinski definition) is 1. The highest BCUT2D eigenvalue weighted by Gasteiger charge is 2.37. The molecule has 0 amide bonds. The average molecular weight is 210 g/mol. The minimum atomic E-state index is 0.675. The van der Waals surface area contributed by atoms with Crippen molar-refractivity contribution in [3.8, 4) is 0 Å². The van der Waals surface area contributed by atoms with Crippen LogP contribution >= 0.6 is 0 Å². The van der Waals surface area contributed by atoms with Crippen molar-refractivity contribution in [2.75, 3.05) is 19.6 Å². The first-order valence-corrected chi connectivity index (χ1v) is 6.55. The summed E-state index contributed by atoms with van der Waals surface area (Å²) >= 11 is 0. The largest absolute Gasteiger partial charge is 0.311 e. The van der Waals surface area contributed by atoms with E-state index in [0.717, 1.165) is 23.8 Å². The fraction of sp³-hybridized carbons (Fsp3) is 1.00. The summed E-state index contributed by atoms with van der Waals surface area (Å²) in [6.45, 7) is 13.2. The van der Waals surface area contributed by atoms with Crippen LogP contribution in [-0.4, -0.2) is 36.6 Å². The first-order chi connectivity index (χ1) is 7.08. The van der Waals surface area contributed by atoms with E-state index < -0.39 is 0 Å². The van der Waals surface area contributed by atoms with E-state index in [-0.39, 0.29) is 0 Å². The van der Waals surface area contributed by atoms with E-state index in [2.05, 4.69) is 37.9 Å². The third-order valence-electron chi connectivity index (χ3n) is 4.17. The fourth-order valence-corrected chi connectivity index (χ4v) is 2.82. The Bertz CT molecular complexity index is 215. The third kappa shape index (κ3) is 2.73. The molecule has 1 heterocycles. The third-order valence-corrected chi connectivity index (χ3v) is 4.17. The molecule has 2 aliphatic rings. The van der Waals surface area contributed by atoms with Gasteiger partial charge in [0.15, 0.2) is 0 Å². The smallest absolute Gasteiger partial charge is 0.0244 e. The van der Waals surface area contributed by atoms with Crippen LogP contribution in [0.3, 0.4) is 0 Å². The quantitative estimate of drug-likeness (QED) is 0.766. The van der Waals surface area contributed by atoms with E-state index in [1.807, 2.05) is 0 Å². The van der Waals surface area contributed by atoms with Gasteiger partial charge in [0.2, 0.25) is 0 Å². The predicted octanol–water partition coefficient (Wildman–Crippen LogP) is 1.96. The number of hydrogen-bond acceptors (Lipinski definition) is 2. The van der Waals surface area contributed by atoms with Gasteiger partial charge >= 0.3 is 0 Å². The van der Waals surface area contributed by atoms with Gasteiger partial charge in [-0.15, -0.1) is 0 Å². The minimum Gasteiger partial charge on any atom is -0.311 e. The highest BCUT2D eigenvalue weighted by molar-refractivity contribution is 4.91. The van der Waals surface area contributed by atoms with E-state index >= 15 is 0 Å². The molecule has 1 saturated carbocycles. The summed E-state index contributed by atoms with van der Waals surface area (Å²) in [4.78, 5) is 2.74. The fourth-order valence-electron chi connectivity index (χ4n) is 2.82. The molecule has 0 bridgehead atoms. The van der Waals surface area contributed by atoms with Crippen molar-refractivity contribution in [3.05, 3.63) is 0 Å². The van der Waals surface area contributed by atoms with E-state index in [9.17, 15) is 0 Å². The zero-order chi connectivity index (χ0) is 11.0. The lowest BCUT2D eigenvalue weighted by Gasteiger charge is -2.41. The molecular weight excluding hydrogens is 184 g/mol. The topological polar surface area (TPSA) is 15.3 Å². The molecule has 2 nitrogen and oxygen atoms in total. The number of rotatable bonds is 3. The van der Waals surface area contributed by atoms with Crippen molar-refractivity contribution in [2.24, 2.45) is 17.8 Å². The first kappa shape index (κ1) is 11.4. The molecule has 0 aromatic heterocycles. The number of piperazine rings is 1. The molecule has 0 aromatic carbocycles. The van der Waals surface area contributed by atoms with E-state index in [1.165, 1.54) is 26.1 Å². The zero-order valence-corrected chi connectivity index (χ0v) is 10.7. The van der Waals surface area contributed by atoms with E-state index in [4.69, 9.17) is 0 Å². The van der Waals surface area contributed by atoms with Crippen LogP contribution in [0.1, 0.15) is 34.1 Å². The van der Waals surface area contributed by atoms with Gasteiger partial charge in [-0.2, -0.15) is 0 Å². The Morgan fingerprint density at radius 2 is 2.00 bits per heavy atom. The van der Waals surface area contributed by atoms with Gasteiger partial charge in [-0.3, -0.25) is 4.90 Å². The average Bonchev–Trinajstić information content (AvgIpc) is 2.81. The Morgan fingerprint density at radius 3 is 2.53 bits per heavy atom. The van der Waals surface area contributed by atoms with Crippen LogP contribution in [-0.2, 0) is 0 Å². The SMILES string of the molecule is CC1CN(CC2CC2C)C(C(C)C)CN1. The molecule has 2 rings (SSSR count). The van der Waals surface area contributed by atoms with Crippen LogP contribution in [0.25, 0.3) is 0 Å². The molecule has 2 heteroatoms. The Labute approximate surface area is 94.4 Å². The van der Waals surface area contributed by atoms with Crippen molar-refractivity contribution in [2.45, 2.75) is 46.2 Å². The highest BCUT2D eigenvalue weighted by atomic mass is 15.2. The highest BCUT2D eigenvalue weighted by Crippen LogP contribution is 2.39. The van der Waals surface area contributed by atoms with Crippen molar-refractivity contribution in [3.63, 3.8) is 0 Å². The normalized spacial score (nSPS) is 42.2. The summed E-state index contributed by atoms with van der Waals surface area (Å²) in [6, 6.07) is 1.43. The summed E-state index contributed by atoms with van der Waals surface area (Å²) in [7, 11) is 0. The summed E-state index contributed by atoms with van der Waals surface area (Å²) in [5.74, 6) is 2.76. The standard InChI is InChI=1S/C13H26N2/c1-9(2)13-6-14-11(4)7-15(13)8-12-5-10(12)3/h9-14H,5-8H2,1-4H3. The van der Waals surface area contributed by atoms with Gasteiger partial charge in [0, 0.05) is 31.7 Å². The molecule has 1 N–H and O–H groups in total. The van der Waals surface area contributed by atoms with Gasteiger partial charge in [-0.25, -0.2) is 0 Å². The van der Waals surface area contributed by atoms with Gasteiger partial charge in [-0.05, 0) is 31.1 Å². The van der Waals surface area contributed by atoms with Crippen LogP contribution in [0, 0.1) is 17.8 Å². The van der Waals surface area contributed by atoms with Crippen LogP contribution < -0.4 is 5.32 Å². The molecular formula is C13H26N2. The lowest BCUT2D eigenvalue weighted by molar-refractivity contribution is 0.0965. The Kier molecular flexibility index (Phi) is 3.36. The van der Waals surface area contributed by atoms with E-state index in [0.29, 0.717) is 6.04 Å². The number of nitrogens with one attached hydrogen (secondary N) is 1. The maximum absolute atomic E-state index is 3.61. The molecule has 0 radical (unpaired) electrons. The lowest BCUT2D eigenvalue weighted by Crippen LogP contribution is -2.57. The van der Waals surface area contributed by atoms with Crippen LogP contribution in [0.5, 0.6) is 0 Å². The molecule has 88 valence electrons. The Morgan fingerprint density at radius 1 is 1.33 bits per heavy atom. The molecule has 1 saturated heterocycles. The van der Waals surface area contributed by atoms with Gasteiger partial charge in [-0.1, -0.05) is 20.8 Å². The molecule has 1 aliphatic heterocycles. The van der Waals surface area contributed by atoms with Crippen LogP contribution in [0.15, 0.2) is 0 Å². The van der Waals surface area contributed by atoms with Crippen molar-refractivity contribution >= 4 is 0 Å². The summed E-state index contributed by atoms with van der Waals surface area (Å²) in [5, 5.41) is 3.61. The monoisotopic (exact) mass is 210 g/mol. The van der Waals surface area contributed by atoms with Crippen molar-refractivity contribution in [1.82, 2.24) is 10.2 Å². The summed E-state index contributed by atoms with van der Waals surface area (Å²) in [5.41, 5.74) is 0. The van der Waals surface area contributed by atoms with E-state index in [1.54, 1.807) is 0 Å². The molecule has 0 spiro atoms. The zero-order valence-electron chi connectivity index (χ0n) is 10.7. The second kappa shape index (κ2) is 4.42. The summed E-state index contributed by atoms with van der Waals surface area (Å²) < 4.78 is 0. The maximum atomic E-state index is 3.61. The summed E-state index contributed by atoms with van der Waals surface area (Å²) in [6.07, 6.45) is 1.46. The Balaban J connectivity index is 1.90. The maximum Gasteiger partial charge on any atom is 0.0244 e. The van der Waals surface area contributed by atoms with Gasteiger partial charge < -0.3 is 5.32 Å². The second-order valence-electron chi connectivity index (χ2n) is 6.05. The van der Waals surface area contributed by atoms with Crippen molar-refractivity contribution < 1.29 is 0 Å². The Hall–Kier alpha value is -0.0800. The molecule has 15 heavy (non-hydrogen) atoms. The second-order valence-corrected chi connectivity index (χ2v) is 6.05. The molecule has 4 atom stereocenters. The first-order valence-electron chi connectivity index (χ1n) is 6.55. The van der Waals surface area contributed by atoms with Gasteiger partial charge in [0.25, 0.3) is 0 Å². The molecule has 4 unspecified atom stereocenters.